The quantitative estimate of drug-likeness (QED) is 0.725. The molecule has 0 radical (unpaired) electrons. The van der Waals surface area contributed by atoms with Gasteiger partial charge in [-0.15, -0.1) is 0 Å². The Bertz CT molecular complexity index is 889. The lowest BCUT2D eigenvalue weighted by Gasteiger charge is -2.19. The number of fused-ring (bicyclic) bond motifs is 1. The lowest BCUT2D eigenvalue weighted by Crippen LogP contribution is -2.26. The van der Waals surface area contributed by atoms with Crippen LogP contribution in [0.4, 0.5) is 5.69 Å². The van der Waals surface area contributed by atoms with Crippen LogP contribution >= 0.6 is 0 Å². The minimum Gasteiger partial charge on any atom is -0.497 e. The summed E-state index contributed by atoms with van der Waals surface area (Å²) in [7, 11) is 4.88. The summed E-state index contributed by atoms with van der Waals surface area (Å²) in [5, 5.41) is 2.24. The van der Waals surface area contributed by atoms with Crippen molar-refractivity contribution in [1.82, 2.24) is 0 Å². The topological polar surface area (TPSA) is 38.8 Å². The molecule has 0 spiro atoms. The number of rotatable bonds is 4. The van der Waals surface area contributed by atoms with E-state index < -0.39 is 0 Å². The summed E-state index contributed by atoms with van der Waals surface area (Å²) in [5.74, 6) is 1.01. The fourth-order valence-corrected chi connectivity index (χ4v) is 2.66. The van der Waals surface area contributed by atoms with E-state index in [1.54, 1.807) is 44.4 Å². The van der Waals surface area contributed by atoms with Gasteiger partial charge >= 0.3 is 0 Å². The molecular formula is C20H19NO3. The summed E-state index contributed by atoms with van der Waals surface area (Å²) in [5.41, 5.74) is 1.32. The molecule has 4 heteroatoms. The normalized spacial score (nSPS) is 10.5. The molecule has 0 atom stereocenters. The van der Waals surface area contributed by atoms with Crippen LogP contribution in [0.1, 0.15) is 10.4 Å². The largest absolute Gasteiger partial charge is 0.497 e. The molecule has 0 saturated heterocycles. The number of methoxy groups -OCH3 is 2. The Balaban J connectivity index is 1.96. The summed E-state index contributed by atoms with van der Waals surface area (Å²) in [6, 6.07) is 19.2. The van der Waals surface area contributed by atoms with E-state index in [0.717, 1.165) is 16.5 Å². The highest BCUT2D eigenvalue weighted by atomic mass is 16.5. The summed E-state index contributed by atoms with van der Waals surface area (Å²) >= 11 is 0. The third-order valence-corrected chi connectivity index (χ3v) is 4.06. The molecule has 0 saturated carbocycles. The van der Waals surface area contributed by atoms with E-state index in [-0.39, 0.29) is 5.91 Å². The summed E-state index contributed by atoms with van der Waals surface area (Å²) < 4.78 is 10.5. The Morgan fingerprint density at radius 1 is 0.875 bits per heavy atom. The van der Waals surface area contributed by atoms with E-state index in [2.05, 4.69) is 0 Å². The van der Waals surface area contributed by atoms with Gasteiger partial charge in [-0.1, -0.05) is 30.3 Å². The zero-order chi connectivity index (χ0) is 17.1. The first-order chi connectivity index (χ1) is 11.6. The van der Waals surface area contributed by atoms with Gasteiger partial charge in [-0.3, -0.25) is 4.79 Å². The zero-order valence-electron chi connectivity index (χ0n) is 13.9. The van der Waals surface area contributed by atoms with Crippen LogP contribution in [0.5, 0.6) is 11.5 Å². The predicted molar refractivity (Wildman–Crippen MR) is 96.2 cm³/mol. The van der Waals surface area contributed by atoms with E-state index >= 15 is 0 Å². The Labute approximate surface area is 141 Å². The van der Waals surface area contributed by atoms with Crippen molar-refractivity contribution < 1.29 is 14.3 Å². The van der Waals surface area contributed by atoms with Gasteiger partial charge in [0.05, 0.1) is 19.8 Å². The molecule has 0 aliphatic rings. The molecule has 0 N–H and O–H groups in total. The summed E-state index contributed by atoms with van der Waals surface area (Å²) in [4.78, 5) is 14.5. The highest BCUT2D eigenvalue weighted by molar-refractivity contribution is 6.08. The molecule has 3 aromatic rings. The van der Waals surface area contributed by atoms with Crippen LogP contribution in [0, 0.1) is 0 Å². The molecule has 122 valence electrons. The number of benzene rings is 3. The second-order valence-corrected chi connectivity index (χ2v) is 5.46. The maximum Gasteiger partial charge on any atom is 0.261 e. The maximum absolute atomic E-state index is 12.9. The van der Waals surface area contributed by atoms with Crippen LogP contribution in [-0.4, -0.2) is 27.2 Å². The van der Waals surface area contributed by atoms with E-state index in [4.69, 9.17) is 9.47 Å². The van der Waals surface area contributed by atoms with Crippen molar-refractivity contribution in [3.63, 3.8) is 0 Å². The first-order valence-corrected chi connectivity index (χ1v) is 7.63. The molecule has 4 nitrogen and oxygen atoms in total. The van der Waals surface area contributed by atoms with Crippen molar-refractivity contribution >= 4 is 22.4 Å². The second-order valence-electron chi connectivity index (χ2n) is 5.46. The molecule has 0 fully saturated rings. The van der Waals surface area contributed by atoms with E-state index in [0.29, 0.717) is 17.1 Å². The van der Waals surface area contributed by atoms with Crippen LogP contribution in [0.3, 0.4) is 0 Å². The monoisotopic (exact) mass is 321 g/mol. The first-order valence-electron chi connectivity index (χ1n) is 7.63. The van der Waals surface area contributed by atoms with Gasteiger partial charge in [0.25, 0.3) is 5.91 Å². The van der Waals surface area contributed by atoms with Gasteiger partial charge in [0, 0.05) is 18.8 Å². The highest BCUT2D eigenvalue weighted by Crippen LogP contribution is 2.28. The fraction of sp³-hybridized carbons (Fsp3) is 0.150. The average Bonchev–Trinajstić information content (AvgIpc) is 2.65. The molecule has 0 aliphatic heterocycles. The third kappa shape index (κ3) is 2.91. The Morgan fingerprint density at radius 3 is 2.33 bits per heavy atom. The van der Waals surface area contributed by atoms with E-state index in [1.165, 1.54) is 0 Å². The molecule has 0 heterocycles. The molecular weight excluding hydrogens is 302 g/mol. The van der Waals surface area contributed by atoms with Crippen molar-refractivity contribution in [3.05, 3.63) is 66.2 Å². The average molecular weight is 321 g/mol. The standard InChI is InChI=1S/C20H19NO3/c1-21(16-9-8-14-6-4-5-7-15(14)12-16)20(22)18-11-10-17(23-2)13-19(18)24-3/h4-13H,1-3H3. The van der Waals surface area contributed by atoms with Gasteiger partial charge < -0.3 is 14.4 Å². The molecule has 0 aromatic heterocycles. The Morgan fingerprint density at radius 2 is 1.62 bits per heavy atom. The van der Waals surface area contributed by atoms with Crippen LogP contribution in [0.15, 0.2) is 60.7 Å². The smallest absolute Gasteiger partial charge is 0.261 e. The number of ether oxygens (including phenoxy) is 2. The van der Waals surface area contributed by atoms with E-state index in [1.807, 2.05) is 42.5 Å². The van der Waals surface area contributed by atoms with Crippen molar-refractivity contribution in [2.45, 2.75) is 0 Å². The van der Waals surface area contributed by atoms with Crippen molar-refractivity contribution in [1.29, 1.82) is 0 Å². The molecule has 0 aliphatic carbocycles. The SMILES string of the molecule is COc1ccc(C(=O)N(C)c2ccc3ccccc3c2)c(OC)c1. The second kappa shape index (κ2) is 6.62. The number of hydrogen-bond acceptors (Lipinski definition) is 3. The lowest BCUT2D eigenvalue weighted by atomic mass is 10.1. The molecule has 0 unspecified atom stereocenters. The fourth-order valence-electron chi connectivity index (χ4n) is 2.66. The van der Waals surface area contributed by atoms with Crippen LogP contribution in [-0.2, 0) is 0 Å². The molecule has 0 bridgehead atoms. The maximum atomic E-state index is 12.9. The number of nitrogens with zero attached hydrogens (tertiary/aromatic N) is 1. The van der Waals surface area contributed by atoms with Gasteiger partial charge in [0.15, 0.2) is 0 Å². The highest BCUT2D eigenvalue weighted by Gasteiger charge is 2.18. The van der Waals surface area contributed by atoms with Crippen molar-refractivity contribution in [2.75, 3.05) is 26.2 Å². The van der Waals surface area contributed by atoms with Crippen LogP contribution < -0.4 is 14.4 Å². The Kier molecular flexibility index (Phi) is 4.38. The first kappa shape index (κ1) is 15.9. The summed E-state index contributed by atoms with van der Waals surface area (Å²) in [6.07, 6.45) is 0. The van der Waals surface area contributed by atoms with Gasteiger partial charge in [0.2, 0.25) is 0 Å². The van der Waals surface area contributed by atoms with Crippen molar-refractivity contribution in [3.8, 4) is 11.5 Å². The number of amides is 1. The van der Waals surface area contributed by atoms with Gasteiger partial charge in [0.1, 0.15) is 11.5 Å². The predicted octanol–water partition coefficient (Wildman–Crippen LogP) is 4.13. The molecule has 3 aromatic carbocycles. The minimum absolute atomic E-state index is 0.134. The number of carbonyl (C=O) groups is 1. The molecule has 1 amide bonds. The Hall–Kier alpha value is -3.01. The van der Waals surface area contributed by atoms with Gasteiger partial charge in [-0.05, 0) is 35.0 Å². The van der Waals surface area contributed by atoms with Crippen LogP contribution in [0.2, 0.25) is 0 Å². The number of anilines is 1. The van der Waals surface area contributed by atoms with Crippen molar-refractivity contribution in [2.24, 2.45) is 0 Å². The van der Waals surface area contributed by atoms with Gasteiger partial charge in [-0.2, -0.15) is 0 Å². The summed E-state index contributed by atoms with van der Waals surface area (Å²) in [6.45, 7) is 0. The lowest BCUT2D eigenvalue weighted by molar-refractivity contribution is 0.0990. The van der Waals surface area contributed by atoms with Crippen LogP contribution in [0.25, 0.3) is 10.8 Å². The molecule has 3 rings (SSSR count). The minimum atomic E-state index is -0.134. The third-order valence-electron chi connectivity index (χ3n) is 4.06. The number of hydrogen-bond donors (Lipinski definition) is 0. The zero-order valence-corrected chi connectivity index (χ0v) is 13.9. The van der Waals surface area contributed by atoms with E-state index in [9.17, 15) is 4.79 Å². The molecule has 24 heavy (non-hydrogen) atoms. The van der Waals surface area contributed by atoms with Gasteiger partial charge in [-0.25, -0.2) is 0 Å². The number of carbonyl (C=O) groups excluding carboxylic acids is 1.